The Labute approximate surface area is 92.7 Å². The molecule has 0 aliphatic carbocycles. The van der Waals surface area contributed by atoms with Crippen LogP contribution in [0.3, 0.4) is 0 Å². The highest BCUT2D eigenvalue weighted by molar-refractivity contribution is 5.60. The average molecular weight is 268 g/mol. The van der Waals surface area contributed by atoms with Crippen LogP contribution in [-0.4, -0.2) is 30.7 Å². The van der Waals surface area contributed by atoms with Crippen molar-refractivity contribution in [2.24, 2.45) is 0 Å². The van der Waals surface area contributed by atoms with Gasteiger partial charge in [-0.05, 0) is 13.3 Å². The van der Waals surface area contributed by atoms with Crippen LogP contribution in [-0.2, 0) is 9.47 Å². The molecular formula is C8H10F6O3. The molecule has 102 valence electrons. The summed E-state index contributed by atoms with van der Waals surface area (Å²) in [5.74, 6) is 0. The molecule has 17 heavy (non-hydrogen) atoms. The van der Waals surface area contributed by atoms with E-state index in [1.54, 1.807) is 0 Å². The maximum absolute atomic E-state index is 11.9. The van der Waals surface area contributed by atoms with Crippen LogP contribution in [0.25, 0.3) is 0 Å². The van der Waals surface area contributed by atoms with E-state index in [-0.39, 0.29) is 6.42 Å². The summed E-state index contributed by atoms with van der Waals surface area (Å²) < 4.78 is 79.1. The Morgan fingerprint density at radius 3 is 1.76 bits per heavy atom. The summed E-state index contributed by atoms with van der Waals surface area (Å²) in [7, 11) is 0. The van der Waals surface area contributed by atoms with Gasteiger partial charge in [0.15, 0.2) is 0 Å². The number of alkyl halides is 6. The normalized spacial score (nSPS) is 14.6. The van der Waals surface area contributed by atoms with Crippen LogP contribution in [0.5, 0.6) is 0 Å². The largest absolute Gasteiger partial charge is 0.509 e. The fourth-order valence-corrected chi connectivity index (χ4v) is 0.691. The van der Waals surface area contributed by atoms with E-state index >= 15 is 0 Å². The third kappa shape index (κ3) is 5.64. The first kappa shape index (κ1) is 15.9. The van der Waals surface area contributed by atoms with Crippen molar-refractivity contribution in [1.82, 2.24) is 0 Å². The molecule has 0 aliphatic rings. The van der Waals surface area contributed by atoms with Crippen molar-refractivity contribution >= 4 is 6.16 Å². The molecule has 0 saturated heterocycles. The molecule has 0 aromatic carbocycles. The monoisotopic (exact) mass is 268 g/mol. The maximum atomic E-state index is 11.9. The Bertz CT molecular complexity index is 245. The lowest BCUT2D eigenvalue weighted by Gasteiger charge is -2.23. The molecule has 0 aliphatic heterocycles. The number of ether oxygens (including phenoxy) is 2. The lowest BCUT2D eigenvalue weighted by Crippen LogP contribution is -2.45. The summed E-state index contributed by atoms with van der Waals surface area (Å²) in [4.78, 5) is 10.7. The zero-order chi connectivity index (χ0) is 13.9. The molecule has 1 atom stereocenters. The van der Waals surface area contributed by atoms with Crippen molar-refractivity contribution in [3.05, 3.63) is 0 Å². The molecule has 0 N–H and O–H groups in total. The van der Waals surface area contributed by atoms with Crippen molar-refractivity contribution in [2.45, 2.75) is 44.8 Å². The van der Waals surface area contributed by atoms with Gasteiger partial charge in [0, 0.05) is 0 Å². The molecule has 0 fully saturated rings. The summed E-state index contributed by atoms with van der Waals surface area (Å²) >= 11 is 0. The number of carbonyl (C=O) groups excluding carboxylic acids is 1. The van der Waals surface area contributed by atoms with Gasteiger partial charge >= 0.3 is 18.5 Å². The van der Waals surface area contributed by atoms with E-state index in [1.807, 2.05) is 0 Å². The number of hydrogen-bond donors (Lipinski definition) is 0. The molecule has 0 saturated carbocycles. The predicted molar refractivity (Wildman–Crippen MR) is 43.2 cm³/mol. The van der Waals surface area contributed by atoms with Gasteiger partial charge in [-0.3, -0.25) is 0 Å². The summed E-state index contributed by atoms with van der Waals surface area (Å²) in [6, 6.07) is 0. The smallest absolute Gasteiger partial charge is 0.431 e. The van der Waals surface area contributed by atoms with Gasteiger partial charge in [-0.25, -0.2) is 4.79 Å². The summed E-state index contributed by atoms with van der Waals surface area (Å²) in [5.41, 5.74) is 0. The molecule has 0 amide bonds. The minimum atomic E-state index is -5.73. The van der Waals surface area contributed by atoms with E-state index in [4.69, 9.17) is 0 Å². The first-order valence-electron chi connectivity index (χ1n) is 4.49. The molecule has 0 bridgehead atoms. The van der Waals surface area contributed by atoms with E-state index in [2.05, 4.69) is 9.47 Å². The number of halogens is 6. The minimum absolute atomic E-state index is 0.234. The van der Waals surface area contributed by atoms with E-state index in [0.29, 0.717) is 0 Å². The van der Waals surface area contributed by atoms with Gasteiger partial charge in [-0.15, -0.1) is 0 Å². The van der Waals surface area contributed by atoms with E-state index < -0.39 is 30.7 Å². The van der Waals surface area contributed by atoms with E-state index in [9.17, 15) is 31.1 Å². The molecule has 3 nitrogen and oxygen atoms in total. The zero-order valence-corrected chi connectivity index (χ0v) is 8.85. The van der Waals surface area contributed by atoms with Crippen molar-refractivity contribution in [3.8, 4) is 0 Å². The highest BCUT2D eigenvalue weighted by atomic mass is 19.4. The van der Waals surface area contributed by atoms with Gasteiger partial charge in [0.25, 0.3) is 6.10 Å². The van der Waals surface area contributed by atoms with Gasteiger partial charge < -0.3 is 9.47 Å². The van der Waals surface area contributed by atoms with Gasteiger partial charge in [0.1, 0.15) is 6.10 Å². The number of rotatable bonds is 3. The molecule has 0 heterocycles. The Morgan fingerprint density at radius 2 is 1.47 bits per heavy atom. The van der Waals surface area contributed by atoms with Crippen LogP contribution in [0.4, 0.5) is 31.1 Å². The first-order valence-corrected chi connectivity index (χ1v) is 4.49. The van der Waals surface area contributed by atoms with Crippen LogP contribution in [0, 0.1) is 0 Å². The second-order valence-corrected chi connectivity index (χ2v) is 3.17. The molecule has 0 radical (unpaired) electrons. The Kier molecular flexibility index (Phi) is 5.09. The summed E-state index contributed by atoms with van der Waals surface area (Å²) in [6.07, 6.45) is -18.2. The molecule has 0 unspecified atom stereocenters. The fraction of sp³-hybridized carbons (Fsp3) is 0.875. The highest BCUT2D eigenvalue weighted by Gasteiger charge is 2.60. The highest BCUT2D eigenvalue weighted by Crippen LogP contribution is 2.35. The number of hydrogen-bond acceptors (Lipinski definition) is 3. The molecule has 9 heteroatoms. The van der Waals surface area contributed by atoms with Crippen molar-refractivity contribution in [3.63, 3.8) is 0 Å². The predicted octanol–water partition coefficient (Wildman–Crippen LogP) is 3.43. The zero-order valence-electron chi connectivity index (χ0n) is 8.85. The van der Waals surface area contributed by atoms with Gasteiger partial charge in [-0.1, -0.05) is 6.92 Å². The third-order valence-corrected chi connectivity index (χ3v) is 1.68. The van der Waals surface area contributed by atoms with Crippen LogP contribution in [0.2, 0.25) is 0 Å². The fourth-order valence-electron chi connectivity index (χ4n) is 0.691. The third-order valence-electron chi connectivity index (χ3n) is 1.68. The van der Waals surface area contributed by atoms with Crippen LogP contribution < -0.4 is 0 Å². The second-order valence-electron chi connectivity index (χ2n) is 3.17. The quantitative estimate of drug-likeness (QED) is 0.581. The lowest BCUT2D eigenvalue weighted by molar-refractivity contribution is -0.311. The maximum Gasteiger partial charge on any atom is 0.509 e. The van der Waals surface area contributed by atoms with E-state index in [0.717, 1.165) is 0 Å². The SMILES string of the molecule is CC[C@H](C)OC(=O)OC(C(F)(F)F)C(F)(F)F. The summed E-state index contributed by atoms with van der Waals surface area (Å²) in [6.45, 7) is 2.83. The molecule has 0 aromatic heterocycles. The van der Waals surface area contributed by atoms with Gasteiger partial charge in [0.05, 0.1) is 0 Å². The number of carbonyl (C=O) groups is 1. The minimum Gasteiger partial charge on any atom is -0.431 e. The molecule has 0 aromatic rings. The van der Waals surface area contributed by atoms with Crippen molar-refractivity contribution in [1.29, 1.82) is 0 Å². The van der Waals surface area contributed by atoms with Crippen molar-refractivity contribution in [2.75, 3.05) is 0 Å². The Hall–Kier alpha value is -1.15. The average Bonchev–Trinajstić information content (AvgIpc) is 2.10. The summed E-state index contributed by atoms with van der Waals surface area (Å²) in [5, 5.41) is 0. The van der Waals surface area contributed by atoms with Crippen molar-refractivity contribution < 1.29 is 40.6 Å². The Morgan fingerprint density at radius 1 is 1.06 bits per heavy atom. The van der Waals surface area contributed by atoms with Crippen LogP contribution >= 0.6 is 0 Å². The van der Waals surface area contributed by atoms with Gasteiger partial charge in [-0.2, -0.15) is 26.3 Å². The topological polar surface area (TPSA) is 35.5 Å². The van der Waals surface area contributed by atoms with Crippen LogP contribution in [0.1, 0.15) is 20.3 Å². The lowest BCUT2D eigenvalue weighted by atomic mass is 10.3. The molecule has 0 spiro atoms. The standard InChI is InChI=1S/C8H10F6O3/c1-3-4(2)16-6(15)17-5(7(9,10)11)8(12,13)14/h4-5H,3H2,1-2H3/t4-/m0/s1. The first-order chi connectivity index (χ1) is 7.48. The Balaban J connectivity index is 4.63. The van der Waals surface area contributed by atoms with Gasteiger partial charge in [0.2, 0.25) is 0 Å². The van der Waals surface area contributed by atoms with Crippen LogP contribution in [0.15, 0.2) is 0 Å². The van der Waals surface area contributed by atoms with E-state index in [1.165, 1.54) is 13.8 Å². The molecule has 0 rings (SSSR count). The molecular weight excluding hydrogens is 258 g/mol. The second kappa shape index (κ2) is 5.46.